The summed E-state index contributed by atoms with van der Waals surface area (Å²) in [4.78, 5) is 39.5. The fourth-order valence-electron chi connectivity index (χ4n) is 3.67. The standard InChI is InChI=1S/C27H24ClN3O4/c1-2-35-22-14-7-6-13-21(22)30-25(32)19-11-8-12-20(17-19)29-24-23(28)26(33)31(27(24)34)16-15-18-9-4-3-5-10-18/h3-14,17,29H,2,15-16H2,1H3,(H,30,32). The van der Waals surface area contributed by atoms with Gasteiger partial charge in [-0.3, -0.25) is 19.3 Å². The van der Waals surface area contributed by atoms with Gasteiger partial charge in [-0.25, -0.2) is 0 Å². The number of para-hydroxylation sites is 2. The van der Waals surface area contributed by atoms with Crippen molar-refractivity contribution in [1.82, 2.24) is 4.90 Å². The van der Waals surface area contributed by atoms with Gasteiger partial charge in [0.1, 0.15) is 16.5 Å². The Morgan fingerprint density at radius 3 is 2.46 bits per heavy atom. The summed E-state index contributed by atoms with van der Waals surface area (Å²) in [6, 6.07) is 23.3. The van der Waals surface area contributed by atoms with Crippen LogP contribution in [0.25, 0.3) is 0 Å². The molecular weight excluding hydrogens is 466 g/mol. The van der Waals surface area contributed by atoms with Crippen molar-refractivity contribution in [2.45, 2.75) is 13.3 Å². The van der Waals surface area contributed by atoms with Gasteiger partial charge in [0, 0.05) is 17.8 Å². The van der Waals surface area contributed by atoms with E-state index in [0.717, 1.165) is 10.5 Å². The second-order valence-electron chi connectivity index (χ2n) is 7.78. The van der Waals surface area contributed by atoms with Crippen molar-refractivity contribution in [3.05, 3.63) is 101 Å². The first kappa shape index (κ1) is 24.0. The van der Waals surface area contributed by atoms with Crippen LogP contribution in [0, 0.1) is 0 Å². The summed E-state index contributed by atoms with van der Waals surface area (Å²) < 4.78 is 5.56. The Morgan fingerprint density at radius 1 is 0.943 bits per heavy atom. The Balaban J connectivity index is 1.45. The maximum absolute atomic E-state index is 12.9. The van der Waals surface area contributed by atoms with E-state index in [9.17, 15) is 14.4 Å². The second kappa shape index (κ2) is 10.9. The Bertz CT molecular complexity index is 1290. The minimum absolute atomic E-state index is 0.0102. The molecule has 7 nitrogen and oxygen atoms in total. The second-order valence-corrected chi connectivity index (χ2v) is 8.15. The molecule has 1 aliphatic heterocycles. The number of hydrogen-bond acceptors (Lipinski definition) is 5. The molecule has 2 N–H and O–H groups in total. The van der Waals surface area contributed by atoms with Gasteiger partial charge in [0.05, 0.1) is 12.3 Å². The highest BCUT2D eigenvalue weighted by Gasteiger charge is 2.37. The number of nitrogens with zero attached hydrogens (tertiary/aromatic N) is 1. The summed E-state index contributed by atoms with van der Waals surface area (Å²) in [5.41, 5.74) is 2.36. The van der Waals surface area contributed by atoms with Crippen molar-refractivity contribution in [2.24, 2.45) is 0 Å². The number of hydrogen-bond donors (Lipinski definition) is 2. The van der Waals surface area contributed by atoms with Crippen molar-refractivity contribution in [3.8, 4) is 5.75 Å². The summed E-state index contributed by atoms with van der Waals surface area (Å²) in [7, 11) is 0. The fourth-order valence-corrected chi connectivity index (χ4v) is 3.90. The summed E-state index contributed by atoms with van der Waals surface area (Å²) in [5.74, 6) is -0.827. The predicted molar refractivity (Wildman–Crippen MR) is 135 cm³/mol. The van der Waals surface area contributed by atoms with Gasteiger partial charge in [-0.1, -0.05) is 60.1 Å². The summed E-state index contributed by atoms with van der Waals surface area (Å²) in [6.45, 7) is 2.55. The SMILES string of the molecule is CCOc1ccccc1NC(=O)c1cccc(NC2=C(Cl)C(=O)N(CCc3ccccc3)C2=O)c1. The molecule has 0 unspecified atom stereocenters. The summed E-state index contributed by atoms with van der Waals surface area (Å²) >= 11 is 6.22. The zero-order valence-electron chi connectivity index (χ0n) is 19.1. The zero-order chi connectivity index (χ0) is 24.8. The van der Waals surface area contributed by atoms with Gasteiger partial charge < -0.3 is 15.4 Å². The first-order valence-electron chi connectivity index (χ1n) is 11.2. The number of carbonyl (C=O) groups is 3. The average molecular weight is 490 g/mol. The van der Waals surface area contributed by atoms with E-state index in [-0.39, 0.29) is 23.2 Å². The number of nitrogens with one attached hydrogen (secondary N) is 2. The molecule has 178 valence electrons. The number of carbonyl (C=O) groups excluding carboxylic acids is 3. The molecule has 0 aliphatic carbocycles. The molecule has 3 aromatic rings. The van der Waals surface area contributed by atoms with Crippen molar-refractivity contribution in [3.63, 3.8) is 0 Å². The third kappa shape index (κ3) is 5.53. The molecule has 0 atom stereocenters. The predicted octanol–water partition coefficient (Wildman–Crippen LogP) is 4.81. The van der Waals surface area contributed by atoms with Crippen LogP contribution in [0.15, 0.2) is 89.6 Å². The van der Waals surface area contributed by atoms with Crippen LogP contribution in [0.3, 0.4) is 0 Å². The number of halogens is 1. The van der Waals surface area contributed by atoms with Gasteiger partial charge in [0.25, 0.3) is 17.7 Å². The summed E-state index contributed by atoms with van der Waals surface area (Å²) in [6.07, 6.45) is 0.522. The van der Waals surface area contributed by atoms with Gasteiger partial charge in [-0.05, 0) is 49.2 Å². The number of amides is 3. The van der Waals surface area contributed by atoms with E-state index in [1.807, 2.05) is 43.3 Å². The Morgan fingerprint density at radius 2 is 1.69 bits per heavy atom. The fraction of sp³-hybridized carbons (Fsp3) is 0.148. The molecule has 35 heavy (non-hydrogen) atoms. The quantitative estimate of drug-likeness (QED) is 0.421. The Kier molecular flexibility index (Phi) is 7.48. The smallest absolute Gasteiger partial charge is 0.278 e. The van der Waals surface area contributed by atoms with E-state index in [1.165, 1.54) is 0 Å². The summed E-state index contributed by atoms with van der Waals surface area (Å²) in [5, 5.41) is 5.58. The van der Waals surface area contributed by atoms with E-state index < -0.39 is 11.8 Å². The molecule has 3 amide bonds. The number of anilines is 2. The van der Waals surface area contributed by atoms with E-state index in [2.05, 4.69) is 10.6 Å². The third-order valence-electron chi connectivity index (χ3n) is 5.41. The Labute approximate surface area is 208 Å². The largest absolute Gasteiger partial charge is 0.492 e. The highest BCUT2D eigenvalue weighted by atomic mass is 35.5. The van der Waals surface area contributed by atoms with Gasteiger partial charge in [0.2, 0.25) is 0 Å². The van der Waals surface area contributed by atoms with E-state index >= 15 is 0 Å². The molecule has 0 radical (unpaired) electrons. The molecule has 1 heterocycles. The van der Waals surface area contributed by atoms with Gasteiger partial charge in [0.15, 0.2) is 0 Å². The molecule has 0 fully saturated rings. The van der Waals surface area contributed by atoms with E-state index in [4.69, 9.17) is 16.3 Å². The lowest BCUT2D eigenvalue weighted by Crippen LogP contribution is -2.34. The normalized spacial score (nSPS) is 13.3. The maximum atomic E-state index is 12.9. The number of benzene rings is 3. The molecule has 0 spiro atoms. The van der Waals surface area contributed by atoms with Crippen molar-refractivity contribution in [1.29, 1.82) is 0 Å². The Hall–Kier alpha value is -4.10. The van der Waals surface area contributed by atoms with Crippen LogP contribution in [-0.4, -0.2) is 35.8 Å². The average Bonchev–Trinajstić information content (AvgIpc) is 3.07. The van der Waals surface area contributed by atoms with Crippen LogP contribution < -0.4 is 15.4 Å². The van der Waals surface area contributed by atoms with Gasteiger partial charge in [-0.15, -0.1) is 0 Å². The van der Waals surface area contributed by atoms with Crippen LogP contribution in [0.4, 0.5) is 11.4 Å². The first-order chi connectivity index (χ1) is 17.0. The molecular formula is C27H24ClN3O4. The number of imide groups is 1. The highest BCUT2D eigenvalue weighted by molar-refractivity contribution is 6.48. The monoisotopic (exact) mass is 489 g/mol. The molecule has 1 aliphatic rings. The topological polar surface area (TPSA) is 87.7 Å². The maximum Gasteiger partial charge on any atom is 0.278 e. The molecule has 8 heteroatoms. The van der Waals surface area contributed by atoms with Crippen LogP contribution >= 0.6 is 11.6 Å². The lowest BCUT2D eigenvalue weighted by atomic mass is 10.1. The lowest BCUT2D eigenvalue weighted by Gasteiger charge is -2.15. The van der Waals surface area contributed by atoms with Gasteiger partial charge in [-0.2, -0.15) is 0 Å². The third-order valence-corrected chi connectivity index (χ3v) is 5.76. The molecule has 3 aromatic carbocycles. The van der Waals surface area contributed by atoms with E-state index in [1.54, 1.807) is 42.5 Å². The van der Waals surface area contributed by atoms with Crippen LogP contribution in [0.5, 0.6) is 5.75 Å². The first-order valence-corrected chi connectivity index (χ1v) is 11.6. The zero-order valence-corrected chi connectivity index (χ0v) is 19.8. The molecule has 0 aromatic heterocycles. The van der Waals surface area contributed by atoms with Gasteiger partial charge >= 0.3 is 0 Å². The van der Waals surface area contributed by atoms with Crippen molar-refractivity contribution < 1.29 is 19.1 Å². The lowest BCUT2D eigenvalue weighted by molar-refractivity contribution is -0.137. The molecule has 4 rings (SSSR count). The highest BCUT2D eigenvalue weighted by Crippen LogP contribution is 2.27. The molecule has 0 saturated heterocycles. The number of rotatable bonds is 9. The van der Waals surface area contributed by atoms with Crippen LogP contribution in [0.1, 0.15) is 22.8 Å². The molecule has 0 bridgehead atoms. The minimum Gasteiger partial charge on any atom is -0.492 e. The van der Waals surface area contributed by atoms with Crippen molar-refractivity contribution >= 4 is 40.7 Å². The molecule has 0 saturated carbocycles. The van der Waals surface area contributed by atoms with Crippen LogP contribution in [0.2, 0.25) is 0 Å². The van der Waals surface area contributed by atoms with Crippen LogP contribution in [-0.2, 0) is 16.0 Å². The van der Waals surface area contributed by atoms with Crippen molar-refractivity contribution in [2.75, 3.05) is 23.8 Å². The number of ether oxygens (including phenoxy) is 1. The minimum atomic E-state index is -0.545. The van der Waals surface area contributed by atoms with E-state index in [0.29, 0.717) is 35.7 Å².